The normalized spacial score (nSPS) is 14.4. The highest BCUT2D eigenvalue weighted by molar-refractivity contribution is 5.90. The van der Waals surface area contributed by atoms with E-state index in [2.05, 4.69) is 10.4 Å². The highest BCUT2D eigenvalue weighted by atomic mass is 19.1. The van der Waals surface area contributed by atoms with E-state index < -0.39 is 23.4 Å². The number of carbonyl (C=O) groups excluding carboxylic acids is 2. The van der Waals surface area contributed by atoms with Crippen LogP contribution in [-0.2, 0) is 26.7 Å². The molecule has 1 saturated carbocycles. The first-order valence-corrected chi connectivity index (χ1v) is 12.4. The van der Waals surface area contributed by atoms with E-state index in [0.717, 1.165) is 24.0 Å². The van der Waals surface area contributed by atoms with Gasteiger partial charge in [0.1, 0.15) is 17.7 Å². The Bertz CT molecular complexity index is 1480. The lowest BCUT2D eigenvalue weighted by atomic mass is 9.93. The zero-order valence-electron chi connectivity index (χ0n) is 21.4. The molecule has 1 atom stereocenters. The van der Waals surface area contributed by atoms with Gasteiger partial charge in [0.15, 0.2) is 0 Å². The molecule has 3 aromatic carbocycles. The summed E-state index contributed by atoms with van der Waals surface area (Å²) in [6.07, 6.45) is 1.99. The maximum Gasteiger partial charge on any atom is 0.413 e. The number of hydrogen-bond acceptors (Lipinski definition) is 5. The van der Waals surface area contributed by atoms with Gasteiger partial charge in [0.2, 0.25) is 0 Å². The number of ether oxygens (including phenoxy) is 2. The highest BCUT2D eigenvalue weighted by Gasteiger charge is 2.52. The topological polar surface area (TPSA) is 82.5 Å². The van der Waals surface area contributed by atoms with E-state index in [-0.39, 0.29) is 5.97 Å². The van der Waals surface area contributed by atoms with Crippen molar-refractivity contribution >= 4 is 17.9 Å². The van der Waals surface area contributed by atoms with Gasteiger partial charge in [-0.15, -0.1) is 0 Å². The lowest BCUT2D eigenvalue weighted by Gasteiger charge is -2.15. The number of methoxy groups -OCH3 is 1. The van der Waals surface area contributed by atoms with E-state index in [1.54, 1.807) is 32.3 Å². The number of aryl methyl sites for hydroxylation is 1. The summed E-state index contributed by atoms with van der Waals surface area (Å²) in [6, 6.07) is 21.7. The smallest absolute Gasteiger partial charge is 0.413 e. The van der Waals surface area contributed by atoms with Gasteiger partial charge in [-0.1, -0.05) is 66.7 Å². The minimum Gasteiger partial charge on any atom is -0.468 e. The molecule has 0 saturated heterocycles. The van der Waals surface area contributed by atoms with Gasteiger partial charge in [-0.05, 0) is 48.1 Å². The molecule has 1 aliphatic carbocycles. The SMILES string of the molecule is COC(=O)C1(c2ccc(-c3ccc(-c4cnn(C)c4NC(=O)O[C@H](C)c4ccccc4)cc3F)cc2)CC1. The predicted molar refractivity (Wildman–Crippen MR) is 142 cm³/mol. The van der Waals surface area contributed by atoms with Gasteiger partial charge < -0.3 is 9.47 Å². The van der Waals surface area contributed by atoms with E-state index in [0.29, 0.717) is 28.1 Å². The fourth-order valence-electron chi connectivity index (χ4n) is 4.69. The molecule has 4 aromatic rings. The number of hydrogen-bond donors (Lipinski definition) is 1. The second-order valence-electron chi connectivity index (χ2n) is 9.46. The lowest BCUT2D eigenvalue weighted by Crippen LogP contribution is -2.21. The maximum absolute atomic E-state index is 15.3. The number of rotatable bonds is 7. The van der Waals surface area contributed by atoms with Crippen molar-refractivity contribution < 1.29 is 23.5 Å². The molecule has 0 spiro atoms. The third-order valence-corrected chi connectivity index (χ3v) is 7.07. The van der Waals surface area contributed by atoms with Gasteiger partial charge in [-0.25, -0.2) is 9.18 Å². The maximum atomic E-state index is 15.3. The Morgan fingerprint density at radius 1 is 1.00 bits per heavy atom. The van der Waals surface area contributed by atoms with Crippen LogP contribution in [0.3, 0.4) is 0 Å². The number of benzene rings is 3. The molecular weight excluding hydrogens is 485 g/mol. The molecule has 1 amide bonds. The molecule has 0 aliphatic heterocycles. The molecule has 1 heterocycles. The van der Waals surface area contributed by atoms with Gasteiger partial charge in [0, 0.05) is 18.2 Å². The zero-order valence-corrected chi connectivity index (χ0v) is 21.4. The van der Waals surface area contributed by atoms with Crippen molar-refractivity contribution in [1.82, 2.24) is 9.78 Å². The monoisotopic (exact) mass is 513 g/mol. The van der Waals surface area contributed by atoms with Crippen molar-refractivity contribution in [1.29, 1.82) is 0 Å². The third kappa shape index (κ3) is 4.77. The number of halogens is 1. The van der Waals surface area contributed by atoms with Crippen molar-refractivity contribution in [3.05, 3.63) is 95.9 Å². The fraction of sp³-hybridized carbons (Fsp3) is 0.233. The van der Waals surface area contributed by atoms with Gasteiger partial charge in [0.25, 0.3) is 0 Å². The molecule has 0 bridgehead atoms. The van der Waals surface area contributed by atoms with Crippen LogP contribution in [0.25, 0.3) is 22.3 Å². The molecular formula is C30H28FN3O4. The standard InChI is InChI=1S/C30H28FN3O4/c1-19(20-7-5-4-6-8-20)38-29(36)33-27-25(18-32-34(27)2)22-11-14-24(26(31)17-22)21-9-12-23(13-10-21)30(15-16-30)28(35)37-3/h4-14,17-19H,15-16H2,1-3H3,(H,33,36)/t19-/m1/s1. The average Bonchev–Trinajstić information content (AvgIpc) is 3.67. The van der Waals surface area contributed by atoms with Gasteiger partial charge in [0.05, 0.1) is 18.7 Å². The van der Waals surface area contributed by atoms with Crippen LogP contribution >= 0.6 is 0 Å². The first-order valence-electron chi connectivity index (χ1n) is 12.4. The number of esters is 1. The summed E-state index contributed by atoms with van der Waals surface area (Å²) in [5, 5.41) is 6.98. The molecule has 0 unspecified atom stereocenters. The van der Waals surface area contributed by atoms with Crippen molar-refractivity contribution in [2.24, 2.45) is 7.05 Å². The Kier molecular flexibility index (Phi) is 6.72. The Morgan fingerprint density at radius 3 is 2.32 bits per heavy atom. The van der Waals surface area contributed by atoms with Gasteiger partial charge in [-0.2, -0.15) is 5.10 Å². The minimum atomic E-state index is -0.635. The Labute approximate surface area is 220 Å². The Morgan fingerprint density at radius 2 is 1.68 bits per heavy atom. The van der Waals surface area contributed by atoms with E-state index in [1.807, 2.05) is 54.6 Å². The molecule has 7 nitrogen and oxygen atoms in total. The van der Waals surface area contributed by atoms with E-state index in [1.165, 1.54) is 17.9 Å². The number of carbonyl (C=O) groups is 2. The van der Waals surface area contributed by atoms with Crippen LogP contribution in [0.1, 0.15) is 37.0 Å². The molecule has 5 rings (SSSR count). The van der Waals surface area contributed by atoms with Crippen LogP contribution in [-0.4, -0.2) is 29.0 Å². The van der Waals surface area contributed by atoms with Crippen molar-refractivity contribution in [3.63, 3.8) is 0 Å². The van der Waals surface area contributed by atoms with Gasteiger partial charge in [-0.3, -0.25) is 14.8 Å². The van der Waals surface area contributed by atoms with E-state index in [9.17, 15) is 9.59 Å². The average molecular weight is 514 g/mol. The molecule has 1 aliphatic rings. The Balaban J connectivity index is 1.34. The van der Waals surface area contributed by atoms with E-state index in [4.69, 9.17) is 9.47 Å². The number of nitrogens with zero attached hydrogens (tertiary/aromatic N) is 2. The van der Waals surface area contributed by atoms with Crippen LogP contribution < -0.4 is 5.32 Å². The summed E-state index contributed by atoms with van der Waals surface area (Å²) in [5.41, 5.74) is 3.43. The first-order chi connectivity index (χ1) is 18.3. The van der Waals surface area contributed by atoms with Gasteiger partial charge >= 0.3 is 12.1 Å². The highest BCUT2D eigenvalue weighted by Crippen LogP contribution is 2.49. The molecule has 194 valence electrons. The summed E-state index contributed by atoms with van der Waals surface area (Å²) in [5.74, 6) is -0.260. The van der Waals surface area contributed by atoms with Crippen LogP contribution in [0.15, 0.2) is 79.0 Å². The summed E-state index contributed by atoms with van der Waals surface area (Å²) >= 11 is 0. The Hall–Kier alpha value is -4.46. The summed E-state index contributed by atoms with van der Waals surface area (Å²) in [6.45, 7) is 1.79. The molecule has 38 heavy (non-hydrogen) atoms. The summed E-state index contributed by atoms with van der Waals surface area (Å²) < 4.78 is 27.3. The van der Waals surface area contributed by atoms with Crippen molar-refractivity contribution in [2.45, 2.75) is 31.3 Å². The molecule has 1 N–H and O–H groups in total. The molecule has 1 aromatic heterocycles. The van der Waals surface area contributed by atoms with Crippen LogP contribution in [0, 0.1) is 5.82 Å². The van der Waals surface area contributed by atoms with Crippen LogP contribution in [0.4, 0.5) is 15.0 Å². The zero-order chi connectivity index (χ0) is 26.9. The molecule has 1 fully saturated rings. The predicted octanol–water partition coefficient (Wildman–Crippen LogP) is 6.41. The number of aromatic nitrogens is 2. The molecule has 8 heteroatoms. The number of anilines is 1. The second kappa shape index (κ2) is 10.1. The summed E-state index contributed by atoms with van der Waals surface area (Å²) in [4.78, 5) is 24.8. The number of nitrogens with one attached hydrogen (secondary N) is 1. The minimum absolute atomic E-state index is 0.236. The van der Waals surface area contributed by atoms with Crippen molar-refractivity contribution in [2.75, 3.05) is 12.4 Å². The second-order valence-corrected chi connectivity index (χ2v) is 9.46. The summed E-state index contributed by atoms with van der Waals surface area (Å²) in [7, 11) is 3.08. The first kappa shape index (κ1) is 25.2. The van der Waals surface area contributed by atoms with Crippen molar-refractivity contribution in [3.8, 4) is 22.3 Å². The lowest BCUT2D eigenvalue weighted by molar-refractivity contribution is -0.143. The van der Waals surface area contributed by atoms with Crippen LogP contribution in [0.5, 0.6) is 0 Å². The number of amides is 1. The van der Waals surface area contributed by atoms with Crippen LogP contribution in [0.2, 0.25) is 0 Å². The molecule has 0 radical (unpaired) electrons. The van der Waals surface area contributed by atoms with E-state index >= 15 is 4.39 Å². The quantitative estimate of drug-likeness (QED) is 0.289. The third-order valence-electron chi connectivity index (χ3n) is 7.07. The largest absolute Gasteiger partial charge is 0.468 e. The fourth-order valence-corrected chi connectivity index (χ4v) is 4.69.